The number of carboxylic acids is 1. The molecule has 0 aliphatic carbocycles. The lowest BCUT2D eigenvalue weighted by Crippen LogP contribution is -1.91. The minimum absolute atomic E-state index is 0.249. The van der Waals surface area contributed by atoms with Crippen molar-refractivity contribution in [2.24, 2.45) is 0 Å². The van der Waals surface area contributed by atoms with E-state index in [0.717, 1.165) is 23.3 Å². The van der Waals surface area contributed by atoms with Crippen LogP contribution in [0.15, 0.2) is 24.4 Å². The number of methoxy groups -OCH3 is 1. The first-order valence-electron chi connectivity index (χ1n) is 5.52. The van der Waals surface area contributed by atoms with Crippen molar-refractivity contribution < 1.29 is 14.6 Å². The Labute approximate surface area is 109 Å². The van der Waals surface area contributed by atoms with Gasteiger partial charge in [-0.25, -0.2) is 9.78 Å². The van der Waals surface area contributed by atoms with Crippen molar-refractivity contribution in [3.63, 3.8) is 0 Å². The molecule has 0 saturated heterocycles. The summed E-state index contributed by atoms with van der Waals surface area (Å²) in [6.45, 7) is 2.05. The zero-order valence-electron chi connectivity index (χ0n) is 10.1. The highest BCUT2D eigenvalue weighted by Gasteiger charge is 2.11. The van der Waals surface area contributed by atoms with Gasteiger partial charge >= 0.3 is 5.97 Å². The van der Waals surface area contributed by atoms with E-state index in [4.69, 9.17) is 9.84 Å². The van der Waals surface area contributed by atoms with E-state index in [1.165, 1.54) is 17.5 Å². The van der Waals surface area contributed by atoms with Gasteiger partial charge < -0.3 is 9.84 Å². The Morgan fingerprint density at radius 3 is 2.83 bits per heavy atom. The van der Waals surface area contributed by atoms with Gasteiger partial charge in [-0.05, 0) is 30.2 Å². The molecular formula is C13H13NO3S. The lowest BCUT2D eigenvalue weighted by molar-refractivity contribution is 0.0702. The van der Waals surface area contributed by atoms with Crippen molar-refractivity contribution in [1.82, 2.24) is 4.98 Å². The first-order chi connectivity index (χ1) is 8.65. The Hall–Kier alpha value is -1.88. The van der Waals surface area contributed by atoms with Crippen LogP contribution in [0.2, 0.25) is 0 Å². The number of benzene rings is 1. The SMILES string of the molecule is CCc1cc(-c2ncc(C(=O)O)s2)ccc1OC. The molecule has 0 aliphatic rings. The van der Waals surface area contributed by atoms with Crippen molar-refractivity contribution in [3.05, 3.63) is 34.8 Å². The summed E-state index contributed by atoms with van der Waals surface area (Å²) in [5.41, 5.74) is 2.01. The number of carboxylic acid groups (broad SMARTS) is 1. The Kier molecular flexibility index (Phi) is 3.62. The molecule has 0 unspecified atom stereocenters. The lowest BCUT2D eigenvalue weighted by atomic mass is 10.1. The lowest BCUT2D eigenvalue weighted by Gasteiger charge is -2.07. The Balaban J connectivity index is 2.41. The molecule has 0 fully saturated rings. The largest absolute Gasteiger partial charge is 0.496 e. The number of aromatic carboxylic acids is 1. The van der Waals surface area contributed by atoms with Gasteiger partial charge in [0.1, 0.15) is 15.6 Å². The fourth-order valence-electron chi connectivity index (χ4n) is 1.69. The number of aromatic nitrogens is 1. The second kappa shape index (κ2) is 5.18. The maximum atomic E-state index is 10.8. The number of aryl methyl sites for hydroxylation is 1. The summed E-state index contributed by atoms with van der Waals surface area (Å²) in [7, 11) is 1.64. The summed E-state index contributed by atoms with van der Waals surface area (Å²) >= 11 is 1.18. The first kappa shape index (κ1) is 12.6. The van der Waals surface area contributed by atoms with E-state index in [1.807, 2.05) is 25.1 Å². The zero-order chi connectivity index (χ0) is 13.1. The number of ether oxygens (including phenoxy) is 1. The first-order valence-corrected chi connectivity index (χ1v) is 6.33. The van der Waals surface area contributed by atoms with Crippen molar-refractivity contribution in [1.29, 1.82) is 0 Å². The Morgan fingerprint density at radius 2 is 2.28 bits per heavy atom. The smallest absolute Gasteiger partial charge is 0.347 e. The zero-order valence-corrected chi connectivity index (χ0v) is 11.0. The van der Waals surface area contributed by atoms with Crippen LogP contribution in [-0.4, -0.2) is 23.2 Å². The van der Waals surface area contributed by atoms with Gasteiger partial charge in [0.05, 0.1) is 13.3 Å². The van der Waals surface area contributed by atoms with Crippen LogP contribution in [-0.2, 0) is 6.42 Å². The van der Waals surface area contributed by atoms with Crippen molar-refractivity contribution in [2.45, 2.75) is 13.3 Å². The van der Waals surface area contributed by atoms with Crippen LogP contribution in [0.4, 0.5) is 0 Å². The number of carbonyl (C=O) groups is 1. The number of nitrogens with zero attached hydrogens (tertiary/aromatic N) is 1. The second-order valence-electron chi connectivity index (χ2n) is 3.71. The van der Waals surface area contributed by atoms with Crippen LogP contribution < -0.4 is 4.74 Å². The van der Waals surface area contributed by atoms with Crippen LogP contribution in [0.3, 0.4) is 0 Å². The van der Waals surface area contributed by atoms with Crippen molar-refractivity contribution in [2.75, 3.05) is 7.11 Å². The van der Waals surface area contributed by atoms with E-state index < -0.39 is 5.97 Å². The van der Waals surface area contributed by atoms with Gasteiger partial charge in [0.25, 0.3) is 0 Å². The van der Waals surface area contributed by atoms with E-state index >= 15 is 0 Å². The molecule has 0 spiro atoms. The number of hydrogen-bond donors (Lipinski definition) is 1. The molecule has 4 nitrogen and oxygen atoms in total. The topological polar surface area (TPSA) is 59.4 Å². The normalized spacial score (nSPS) is 10.3. The summed E-state index contributed by atoms with van der Waals surface area (Å²) < 4.78 is 5.26. The van der Waals surface area contributed by atoms with Crippen LogP contribution in [0.5, 0.6) is 5.75 Å². The molecule has 5 heteroatoms. The average Bonchev–Trinajstić information content (AvgIpc) is 2.87. The van der Waals surface area contributed by atoms with Crippen LogP contribution in [0.1, 0.15) is 22.2 Å². The monoisotopic (exact) mass is 263 g/mol. The second-order valence-corrected chi connectivity index (χ2v) is 4.75. The molecule has 1 aromatic heterocycles. The molecule has 0 atom stereocenters. The molecule has 0 radical (unpaired) electrons. The fourth-order valence-corrected chi connectivity index (χ4v) is 2.45. The van der Waals surface area contributed by atoms with Gasteiger partial charge in [-0.1, -0.05) is 6.92 Å². The molecule has 94 valence electrons. The van der Waals surface area contributed by atoms with Crippen LogP contribution >= 0.6 is 11.3 Å². The van der Waals surface area contributed by atoms with Gasteiger partial charge in [0, 0.05) is 5.56 Å². The quantitative estimate of drug-likeness (QED) is 0.920. The number of thiazole rings is 1. The Bertz CT molecular complexity index is 577. The van der Waals surface area contributed by atoms with Gasteiger partial charge in [-0.2, -0.15) is 0 Å². The highest BCUT2D eigenvalue weighted by Crippen LogP contribution is 2.29. The molecule has 1 heterocycles. The molecule has 2 aromatic rings. The Morgan fingerprint density at radius 1 is 1.50 bits per heavy atom. The highest BCUT2D eigenvalue weighted by atomic mass is 32.1. The molecule has 0 bridgehead atoms. The van der Waals surface area contributed by atoms with Gasteiger partial charge in [-0.3, -0.25) is 0 Å². The van der Waals surface area contributed by atoms with Crippen LogP contribution in [0.25, 0.3) is 10.6 Å². The molecule has 0 aliphatic heterocycles. The summed E-state index contributed by atoms with van der Waals surface area (Å²) in [6.07, 6.45) is 2.24. The summed E-state index contributed by atoms with van der Waals surface area (Å²) in [5.74, 6) is -0.0979. The minimum atomic E-state index is -0.942. The number of rotatable bonds is 4. The molecule has 18 heavy (non-hydrogen) atoms. The van der Waals surface area contributed by atoms with E-state index in [2.05, 4.69) is 4.98 Å². The maximum Gasteiger partial charge on any atom is 0.347 e. The summed E-state index contributed by atoms with van der Waals surface area (Å²) in [4.78, 5) is 15.2. The van der Waals surface area contributed by atoms with Crippen molar-refractivity contribution in [3.8, 4) is 16.3 Å². The van der Waals surface area contributed by atoms with E-state index in [9.17, 15) is 4.79 Å². The van der Waals surface area contributed by atoms with E-state index in [-0.39, 0.29) is 4.88 Å². The molecule has 0 saturated carbocycles. The van der Waals surface area contributed by atoms with Crippen LogP contribution in [0, 0.1) is 0 Å². The third-order valence-electron chi connectivity index (χ3n) is 2.62. The third-order valence-corrected chi connectivity index (χ3v) is 3.66. The molecule has 1 N–H and O–H groups in total. The average molecular weight is 263 g/mol. The molecule has 1 aromatic carbocycles. The highest BCUT2D eigenvalue weighted by molar-refractivity contribution is 7.16. The fraction of sp³-hybridized carbons (Fsp3) is 0.231. The predicted octanol–water partition coefficient (Wildman–Crippen LogP) is 3.08. The molecule has 2 rings (SSSR count). The molecular weight excluding hydrogens is 250 g/mol. The van der Waals surface area contributed by atoms with Gasteiger partial charge in [0.2, 0.25) is 0 Å². The third kappa shape index (κ3) is 2.36. The van der Waals surface area contributed by atoms with Crippen molar-refractivity contribution >= 4 is 17.3 Å². The molecule has 0 amide bonds. The van der Waals surface area contributed by atoms with Gasteiger partial charge in [-0.15, -0.1) is 11.3 Å². The summed E-state index contributed by atoms with van der Waals surface area (Å²) in [6, 6.07) is 5.77. The van der Waals surface area contributed by atoms with E-state index in [0.29, 0.717) is 5.01 Å². The van der Waals surface area contributed by atoms with Gasteiger partial charge in [0.15, 0.2) is 0 Å². The summed E-state index contributed by atoms with van der Waals surface area (Å²) in [5, 5.41) is 9.59. The predicted molar refractivity (Wildman–Crippen MR) is 70.4 cm³/mol. The minimum Gasteiger partial charge on any atom is -0.496 e. The maximum absolute atomic E-state index is 10.8. The number of hydrogen-bond acceptors (Lipinski definition) is 4. The van der Waals surface area contributed by atoms with E-state index in [1.54, 1.807) is 7.11 Å². The standard InChI is InChI=1S/C13H13NO3S/c1-3-8-6-9(4-5-10(8)17-2)12-14-7-11(18-12)13(15)16/h4-7H,3H2,1-2H3,(H,15,16).